The molecule has 1 aliphatic rings. The van der Waals surface area contributed by atoms with E-state index in [0.29, 0.717) is 6.54 Å². The minimum atomic E-state index is -0.265. The van der Waals surface area contributed by atoms with Crippen LogP contribution in [0, 0.1) is 6.92 Å². The zero-order valence-corrected chi connectivity index (χ0v) is 20.6. The smallest absolute Gasteiger partial charge is 0.411 e. The summed E-state index contributed by atoms with van der Waals surface area (Å²) in [6.45, 7) is 13.1. The van der Waals surface area contributed by atoms with Crippen molar-refractivity contribution in [1.82, 2.24) is 10.2 Å². The molecule has 1 N–H and O–H groups in total. The predicted molar refractivity (Wildman–Crippen MR) is 129 cm³/mol. The number of methoxy groups -OCH3 is 1. The summed E-state index contributed by atoms with van der Waals surface area (Å²) in [6, 6.07) is 14.7. The van der Waals surface area contributed by atoms with Crippen LogP contribution < -0.4 is 10.1 Å². The van der Waals surface area contributed by atoms with Gasteiger partial charge in [0.1, 0.15) is 5.75 Å². The van der Waals surface area contributed by atoms with Gasteiger partial charge < -0.3 is 9.47 Å². The van der Waals surface area contributed by atoms with E-state index in [1.165, 1.54) is 16.7 Å². The van der Waals surface area contributed by atoms with Crippen molar-refractivity contribution in [2.75, 3.05) is 7.11 Å². The zero-order valence-electron chi connectivity index (χ0n) is 20.6. The van der Waals surface area contributed by atoms with Crippen LogP contribution in [-0.4, -0.2) is 30.4 Å². The Kier molecular flexibility index (Phi) is 7.50. The Morgan fingerprint density at radius 2 is 1.88 bits per heavy atom. The minimum absolute atomic E-state index is 0.00255. The molecule has 2 atom stereocenters. The third-order valence-electron chi connectivity index (χ3n) is 6.15. The van der Waals surface area contributed by atoms with Crippen LogP contribution in [0.15, 0.2) is 42.5 Å². The van der Waals surface area contributed by atoms with Gasteiger partial charge in [-0.3, -0.25) is 10.2 Å². The average molecular weight is 439 g/mol. The summed E-state index contributed by atoms with van der Waals surface area (Å²) in [7, 11) is 1.70. The van der Waals surface area contributed by atoms with Crippen LogP contribution >= 0.6 is 0 Å². The molecular weight excluding hydrogens is 400 g/mol. The minimum Gasteiger partial charge on any atom is -0.496 e. The molecule has 5 heteroatoms. The quantitative estimate of drug-likeness (QED) is 0.592. The normalized spacial score (nSPS) is 18.8. The Bertz CT molecular complexity index is 933. The number of carbonyl (C=O) groups is 1. The molecule has 0 bridgehead atoms. The monoisotopic (exact) mass is 438 g/mol. The van der Waals surface area contributed by atoms with Gasteiger partial charge in [-0.05, 0) is 61.8 Å². The lowest BCUT2D eigenvalue weighted by atomic mass is 9.86. The van der Waals surface area contributed by atoms with E-state index in [1.807, 2.05) is 36.9 Å². The molecule has 3 rings (SSSR count). The number of aryl methyl sites for hydroxylation is 1. The van der Waals surface area contributed by atoms with Crippen LogP contribution in [0.1, 0.15) is 75.8 Å². The van der Waals surface area contributed by atoms with E-state index in [4.69, 9.17) is 9.47 Å². The van der Waals surface area contributed by atoms with Gasteiger partial charge in [0.2, 0.25) is 0 Å². The molecule has 2 aromatic carbocycles. The first-order valence-corrected chi connectivity index (χ1v) is 11.6. The maximum absolute atomic E-state index is 13.1. The Balaban J connectivity index is 1.85. The fraction of sp³-hybridized carbons (Fsp3) is 0.519. The highest BCUT2D eigenvalue weighted by Crippen LogP contribution is 2.38. The molecular formula is C27H38N2O3. The van der Waals surface area contributed by atoms with Crippen molar-refractivity contribution in [2.24, 2.45) is 0 Å². The lowest BCUT2D eigenvalue weighted by Crippen LogP contribution is -2.46. The topological polar surface area (TPSA) is 50.8 Å². The number of ether oxygens (including phenoxy) is 2. The second-order valence-corrected chi connectivity index (χ2v) is 9.96. The Morgan fingerprint density at radius 1 is 1.16 bits per heavy atom. The average Bonchev–Trinajstić information content (AvgIpc) is 3.15. The highest BCUT2D eigenvalue weighted by atomic mass is 16.6. The van der Waals surface area contributed by atoms with Gasteiger partial charge in [-0.15, -0.1) is 0 Å². The van der Waals surface area contributed by atoms with Crippen molar-refractivity contribution in [3.05, 3.63) is 64.7 Å². The first-order valence-electron chi connectivity index (χ1n) is 11.6. The highest BCUT2D eigenvalue weighted by molar-refractivity contribution is 5.69. The number of hydrogen-bond acceptors (Lipinski definition) is 4. The number of likely N-dealkylation sites (tertiary alicyclic amines) is 1. The summed E-state index contributed by atoms with van der Waals surface area (Å²) in [6.07, 6.45) is 1.24. The standard InChI is InChI=1S/C27H38N2O3/c1-18(2)32-26(30)29-23(22-11-9-8-10-19(22)3)13-15-25(29)28-17-20-16-21(27(4,5)6)12-14-24(20)31-7/h8-12,14,16,18,23,25,28H,13,15,17H2,1-7H3. The van der Waals surface area contributed by atoms with Crippen LogP contribution in [0.5, 0.6) is 5.75 Å². The predicted octanol–water partition coefficient (Wildman–Crippen LogP) is 6.10. The summed E-state index contributed by atoms with van der Waals surface area (Å²) < 4.78 is 11.3. The molecule has 2 unspecified atom stereocenters. The molecule has 0 saturated carbocycles. The maximum Gasteiger partial charge on any atom is 0.411 e. The van der Waals surface area contributed by atoms with Crippen molar-refractivity contribution < 1.29 is 14.3 Å². The highest BCUT2D eigenvalue weighted by Gasteiger charge is 2.39. The van der Waals surface area contributed by atoms with Crippen molar-refractivity contribution in [3.63, 3.8) is 0 Å². The van der Waals surface area contributed by atoms with Gasteiger partial charge in [0.15, 0.2) is 0 Å². The largest absolute Gasteiger partial charge is 0.496 e. The van der Waals surface area contributed by atoms with E-state index in [1.54, 1.807) is 7.11 Å². The number of nitrogens with zero attached hydrogens (tertiary/aromatic N) is 1. The third kappa shape index (κ3) is 5.44. The summed E-state index contributed by atoms with van der Waals surface area (Å²) in [5.74, 6) is 0.857. The molecule has 0 aliphatic carbocycles. The molecule has 1 heterocycles. The number of carbonyl (C=O) groups excluding carboxylic acids is 1. The molecule has 0 spiro atoms. The number of amides is 1. The number of nitrogens with one attached hydrogen (secondary N) is 1. The van der Waals surface area contributed by atoms with Gasteiger partial charge in [-0.25, -0.2) is 4.79 Å². The summed E-state index contributed by atoms with van der Waals surface area (Å²) in [5, 5.41) is 3.62. The molecule has 0 radical (unpaired) electrons. The second-order valence-electron chi connectivity index (χ2n) is 9.96. The van der Waals surface area contributed by atoms with Crippen molar-refractivity contribution in [3.8, 4) is 5.75 Å². The molecule has 0 aromatic heterocycles. The van der Waals surface area contributed by atoms with Gasteiger partial charge in [0, 0.05) is 12.1 Å². The molecule has 174 valence electrons. The number of rotatable bonds is 6. The van der Waals surface area contributed by atoms with E-state index in [2.05, 4.69) is 57.3 Å². The summed E-state index contributed by atoms with van der Waals surface area (Å²) in [4.78, 5) is 15.0. The van der Waals surface area contributed by atoms with Crippen LogP contribution in [0.25, 0.3) is 0 Å². The fourth-order valence-electron chi connectivity index (χ4n) is 4.41. The zero-order chi connectivity index (χ0) is 23.5. The lowest BCUT2D eigenvalue weighted by molar-refractivity contribution is 0.0555. The Labute approximate surface area is 193 Å². The van der Waals surface area contributed by atoms with E-state index >= 15 is 0 Å². The van der Waals surface area contributed by atoms with E-state index in [9.17, 15) is 4.79 Å². The van der Waals surface area contributed by atoms with Crippen LogP contribution in [0.2, 0.25) is 0 Å². The Hall–Kier alpha value is -2.53. The van der Waals surface area contributed by atoms with Gasteiger partial charge in [0.25, 0.3) is 0 Å². The van der Waals surface area contributed by atoms with Crippen LogP contribution in [0.3, 0.4) is 0 Å². The second kappa shape index (κ2) is 9.95. The SMILES string of the molecule is COc1ccc(C(C)(C)C)cc1CNC1CCC(c2ccccc2C)N1C(=O)OC(C)C. The van der Waals surface area contributed by atoms with Gasteiger partial charge in [-0.1, -0.05) is 57.2 Å². The summed E-state index contributed by atoms with van der Waals surface area (Å²) >= 11 is 0. The van der Waals surface area contributed by atoms with Crippen LogP contribution in [0.4, 0.5) is 4.79 Å². The number of hydrogen-bond donors (Lipinski definition) is 1. The first kappa shape index (κ1) is 24.1. The lowest BCUT2D eigenvalue weighted by Gasteiger charge is -2.32. The maximum atomic E-state index is 13.1. The molecule has 32 heavy (non-hydrogen) atoms. The van der Waals surface area contributed by atoms with E-state index in [-0.39, 0.29) is 29.8 Å². The molecule has 1 aliphatic heterocycles. The van der Waals surface area contributed by atoms with Gasteiger partial charge >= 0.3 is 6.09 Å². The third-order valence-corrected chi connectivity index (χ3v) is 6.15. The van der Waals surface area contributed by atoms with Gasteiger partial charge in [0.05, 0.1) is 25.4 Å². The summed E-state index contributed by atoms with van der Waals surface area (Å²) in [5.41, 5.74) is 4.79. The molecule has 1 saturated heterocycles. The molecule has 2 aromatic rings. The van der Waals surface area contributed by atoms with Crippen molar-refractivity contribution in [1.29, 1.82) is 0 Å². The number of benzene rings is 2. The molecule has 5 nitrogen and oxygen atoms in total. The van der Waals surface area contributed by atoms with E-state index < -0.39 is 0 Å². The van der Waals surface area contributed by atoms with Crippen LogP contribution in [-0.2, 0) is 16.7 Å². The molecule has 1 amide bonds. The van der Waals surface area contributed by atoms with Crippen molar-refractivity contribution >= 4 is 6.09 Å². The first-order chi connectivity index (χ1) is 15.1. The van der Waals surface area contributed by atoms with E-state index in [0.717, 1.165) is 24.2 Å². The van der Waals surface area contributed by atoms with Crippen molar-refractivity contribution in [2.45, 2.75) is 84.7 Å². The molecule has 1 fully saturated rings. The van der Waals surface area contributed by atoms with Gasteiger partial charge in [-0.2, -0.15) is 0 Å². The fourth-order valence-corrected chi connectivity index (χ4v) is 4.41. The Morgan fingerprint density at radius 3 is 2.50 bits per heavy atom.